The molecule has 0 amide bonds. The van der Waals surface area contributed by atoms with Gasteiger partial charge in [-0.1, -0.05) is 6.92 Å². The molecule has 1 aromatic carbocycles. The summed E-state index contributed by atoms with van der Waals surface area (Å²) in [5.41, 5.74) is -0.0844. The lowest BCUT2D eigenvalue weighted by Gasteiger charge is -2.02. The lowest BCUT2D eigenvalue weighted by Crippen LogP contribution is -1.96. The van der Waals surface area contributed by atoms with Crippen molar-refractivity contribution in [3.8, 4) is 0 Å². The maximum Gasteiger partial charge on any atom is 0.132 e. The zero-order valence-electron chi connectivity index (χ0n) is 6.57. The van der Waals surface area contributed by atoms with Gasteiger partial charge in [0.15, 0.2) is 0 Å². The quantitative estimate of drug-likeness (QED) is 0.645. The Hall–Kier alpha value is -0.990. The van der Waals surface area contributed by atoms with E-state index in [0.29, 0.717) is 12.1 Å². The van der Waals surface area contributed by atoms with E-state index < -0.39 is 17.5 Å². The Bertz CT molecular complexity index is 258. The molecule has 0 bridgehead atoms. The maximum atomic E-state index is 12.8. The van der Waals surface area contributed by atoms with Crippen LogP contribution in [0.25, 0.3) is 0 Å². The van der Waals surface area contributed by atoms with Gasteiger partial charge in [-0.2, -0.15) is 0 Å². The molecule has 1 aromatic rings. The van der Waals surface area contributed by atoms with Crippen molar-refractivity contribution in [2.45, 2.75) is 13.3 Å². The predicted molar refractivity (Wildman–Crippen MR) is 40.0 cm³/mol. The van der Waals surface area contributed by atoms with E-state index in [1.807, 2.05) is 0 Å². The van der Waals surface area contributed by atoms with Gasteiger partial charge in [-0.25, -0.2) is 13.2 Å². The first-order valence-corrected chi connectivity index (χ1v) is 3.56. The average Bonchev–Trinajstić information content (AvgIpc) is 1.96. The maximum absolute atomic E-state index is 12.8. The van der Waals surface area contributed by atoms with Crippen molar-refractivity contribution in [2.24, 2.45) is 0 Å². The smallest absolute Gasteiger partial charge is 0.132 e. The van der Waals surface area contributed by atoms with Crippen LogP contribution >= 0.6 is 0 Å². The first-order chi connectivity index (χ1) is 5.65. The number of halogens is 3. The molecule has 1 rings (SSSR count). The predicted octanol–water partition coefficient (Wildman–Crippen LogP) is 2.87. The van der Waals surface area contributed by atoms with E-state index in [9.17, 15) is 13.2 Å². The third-order valence-corrected chi connectivity index (χ3v) is 1.51. The number of hydrogen-bond donors (Lipinski definition) is 0. The van der Waals surface area contributed by atoms with Crippen LogP contribution in [0.5, 0.6) is 0 Å². The van der Waals surface area contributed by atoms with Crippen LogP contribution in [0.15, 0.2) is 12.1 Å². The van der Waals surface area contributed by atoms with Crippen LogP contribution in [0.4, 0.5) is 13.2 Å². The van der Waals surface area contributed by atoms with E-state index in [0.717, 1.165) is 0 Å². The molecule has 12 heavy (non-hydrogen) atoms. The molecule has 3 heteroatoms. The fraction of sp³-hybridized carbons (Fsp3) is 0.222. The Labute approximate surface area is 69.0 Å². The Kier molecular flexibility index (Phi) is 2.74. The molecular formula is C9H8F3. The van der Waals surface area contributed by atoms with E-state index in [1.165, 1.54) is 0 Å². The lowest BCUT2D eigenvalue weighted by molar-refractivity contribution is 0.527. The van der Waals surface area contributed by atoms with Crippen molar-refractivity contribution in [2.75, 3.05) is 0 Å². The van der Waals surface area contributed by atoms with Gasteiger partial charge in [-0.15, -0.1) is 0 Å². The minimum absolute atomic E-state index is 0.0844. The summed E-state index contributed by atoms with van der Waals surface area (Å²) in [6.45, 7) is 1.68. The van der Waals surface area contributed by atoms with Gasteiger partial charge >= 0.3 is 0 Å². The fourth-order valence-corrected chi connectivity index (χ4v) is 0.971. The van der Waals surface area contributed by atoms with Gasteiger partial charge in [0.25, 0.3) is 0 Å². The van der Waals surface area contributed by atoms with Gasteiger partial charge in [0.2, 0.25) is 0 Å². The normalized spacial score (nSPS) is 10.3. The monoisotopic (exact) mass is 173 g/mol. The van der Waals surface area contributed by atoms with Gasteiger partial charge in [-0.05, 0) is 12.8 Å². The van der Waals surface area contributed by atoms with E-state index in [1.54, 1.807) is 13.3 Å². The summed E-state index contributed by atoms with van der Waals surface area (Å²) in [6, 6.07) is 1.36. The highest BCUT2D eigenvalue weighted by atomic mass is 19.1. The van der Waals surface area contributed by atoms with E-state index in [2.05, 4.69) is 0 Å². The molecule has 0 aliphatic rings. The van der Waals surface area contributed by atoms with Crippen molar-refractivity contribution in [3.63, 3.8) is 0 Å². The van der Waals surface area contributed by atoms with Crippen LogP contribution < -0.4 is 0 Å². The second-order valence-corrected chi connectivity index (χ2v) is 2.46. The number of hydrogen-bond acceptors (Lipinski definition) is 0. The molecule has 0 aromatic heterocycles. The van der Waals surface area contributed by atoms with Crippen LogP contribution in [0.1, 0.15) is 12.5 Å². The Morgan fingerprint density at radius 3 is 2.08 bits per heavy atom. The SMILES string of the molecule is C[CH]Cc1c(F)cc(F)cc1F. The summed E-state index contributed by atoms with van der Waals surface area (Å²) in [5, 5.41) is 0. The Morgan fingerprint density at radius 2 is 1.67 bits per heavy atom. The van der Waals surface area contributed by atoms with E-state index >= 15 is 0 Å². The van der Waals surface area contributed by atoms with Gasteiger partial charge in [0.05, 0.1) is 0 Å². The van der Waals surface area contributed by atoms with Gasteiger partial charge < -0.3 is 0 Å². The molecule has 0 nitrogen and oxygen atoms in total. The van der Waals surface area contributed by atoms with E-state index in [4.69, 9.17) is 0 Å². The lowest BCUT2D eigenvalue weighted by atomic mass is 10.1. The molecule has 0 fully saturated rings. The highest BCUT2D eigenvalue weighted by molar-refractivity contribution is 5.21. The summed E-state index contributed by atoms with van der Waals surface area (Å²) in [4.78, 5) is 0. The molecule has 1 radical (unpaired) electrons. The average molecular weight is 173 g/mol. The first-order valence-electron chi connectivity index (χ1n) is 3.56. The Balaban J connectivity index is 3.10. The fourth-order valence-electron chi connectivity index (χ4n) is 0.971. The second kappa shape index (κ2) is 3.61. The van der Waals surface area contributed by atoms with Gasteiger partial charge in [-0.3, -0.25) is 0 Å². The number of rotatable bonds is 2. The zero-order chi connectivity index (χ0) is 9.14. The molecule has 0 spiro atoms. The molecule has 0 unspecified atom stereocenters. The van der Waals surface area contributed by atoms with Crippen molar-refractivity contribution < 1.29 is 13.2 Å². The summed E-state index contributed by atoms with van der Waals surface area (Å²) < 4.78 is 38.0. The van der Waals surface area contributed by atoms with Crippen LogP contribution in [-0.4, -0.2) is 0 Å². The molecule has 0 heterocycles. The van der Waals surface area contributed by atoms with Crippen LogP contribution in [0.2, 0.25) is 0 Å². The zero-order valence-corrected chi connectivity index (χ0v) is 6.57. The second-order valence-electron chi connectivity index (χ2n) is 2.46. The number of benzene rings is 1. The standard InChI is InChI=1S/C9H8F3/c1-2-3-7-8(11)4-6(10)5-9(7)12/h2,4-5H,3H2,1H3. The summed E-state index contributed by atoms with van der Waals surface area (Å²) in [7, 11) is 0. The van der Waals surface area contributed by atoms with Crippen molar-refractivity contribution in [1.29, 1.82) is 0 Å². The summed E-state index contributed by atoms with van der Waals surface area (Å²) in [5.74, 6) is -2.54. The largest absolute Gasteiger partial charge is 0.207 e. The summed E-state index contributed by atoms with van der Waals surface area (Å²) >= 11 is 0. The molecule has 0 atom stereocenters. The molecule has 0 aliphatic heterocycles. The van der Waals surface area contributed by atoms with Crippen molar-refractivity contribution in [3.05, 3.63) is 41.6 Å². The third kappa shape index (κ3) is 1.78. The molecule has 65 valence electrons. The minimum Gasteiger partial charge on any atom is -0.207 e. The first kappa shape index (κ1) is 9.10. The molecule has 0 saturated heterocycles. The van der Waals surface area contributed by atoms with Crippen LogP contribution in [0.3, 0.4) is 0 Å². The minimum atomic E-state index is -0.884. The highest BCUT2D eigenvalue weighted by Crippen LogP contribution is 2.15. The molecule has 0 N–H and O–H groups in total. The molecule has 0 saturated carbocycles. The van der Waals surface area contributed by atoms with E-state index in [-0.39, 0.29) is 12.0 Å². The molecular weight excluding hydrogens is 165 g/mol. The van der Waals surface area contributed by atoms with Crippen molar-refractivity contribution in [1.82, 2.24) is 0 Å². The topological polar surface area (TPSA) is 0 Å². The summed E-state index contributed by atoms with van der Waals surface area (Å²) in [6.07, 6.45) is 1.79. The van der Waals surface area contributed by atoms with Crippen LogP contribution in [0, 0.1) is 23.9 Å². The Morgan fingerprint density at radius 1 is 1.17 bits per heavy atom. The van der Waals surface area contributed by atoms with Gasteiger partial charge in [0, 0.05) is 17.7 Å². The van der Waals surface area contributed by atoms with Crippen LogP contribution in [-0.2, 0) is 6.42 Å². The molecule has 0 aliphatic carbocycles. The third-order valence-electron chi connectivity index (χ3n) is 1.51. The van der Waals surface area contributed by atoms with Gasteiger partial charge in [0.1, 0.15) is 17.5 Å². The highest BCUT2D eigenvalue weighted by Gasteiger charge is 2.09. The van der Waals surface area contributed by atoms with Crippen molar-refractivity contribution >= 4 is 0 Å².